The molecule has 142 valence electrons. The van der Waals surface area contributed by atoms with Gasteiger partial charge in [0.15, 0.2) is 11.8 Å². The highest BCUT2D eigenvalue weighted by molar-refractivity contribution is 14.0. The lowest BCUT2D eigenvalue weighted by atomic mass is 10.2. The first-order chi connectivity index (χ1) is 12.2. The predicted octanol–water partition coefficient (Wildman–Crippen LogP) is 1.64. The summed E-state index contributed by atoms with van der Waals surface area (Å²) in [7, 11) is 1.79. The fourth-order valence-corrected chi connectivity index (χ4v) is 2.95. The van der Waals surface area contributed by atoms with Crippen LogP contribution in [0.15, 0.2) is 33.8 Å². The number of nitrogens with one attached hydrogen (secondary N) is 1. The number of guanidine groups is 1. The zero-order valence-electron chi connectivity index (χ0n) is 15.1. The summed E-state index contributed by atoms with van der Waals surface area (Å²) in [5.74, 6) is 2.48. The van der Waals surface area contributed by atoms with Gasteiger partial charge in [0, 0.05) is 46.2 Å². The number of aromatic hydroxyl groups is 1. The molecule has 1 aromatic carbocycles. The van der Waals surface area contributed by atoms with Gasteiger partial charge in [-0.1, -0.05) is 17.3 Å². The number of phenols is 1. The Hall–Kier alpha value is -2.04. The molecule has 0 aliphatic carbocycles. The van der Waals surface area contributed by atoms with Crippen LogP contribution >= 0.6 is 24.0 Å². The number of rotatable bonds is 4. The van der Waals surface area contributed by atoms with E-state index < -0.39 is 0 Å². The molecule has 26 heavy (non-hydrogen) atoms. The van der Waals surface area contributed by atoms with Crippen molar-refractivity contribution in [3.05, 3.63) is 36.0 Å². The van der Waals surface area contributed by atoms with Crippen LogP contribution in [0, 0.1) is 6.92 Å². The fraction of sp³-hybridized carbons (Fsp3) is 0.471. The lowest BCUT2D eigenvalue weighted by Crippen LogP contribution is -2.52. The van der Waals surface area contributed by atoms with Gasteiger partial charge in [0.2, 0.25) is 5.89 Å². The molecule has 0 unspecified atom stereocenters. The second kappa shape index (κ2) is 9.60. The van der Waals surface area contributed by atoms with Gasteiger partial charge in [-0.2, -0.15) is 4.98 Å². The molecule has 1 aliphatic rings. The van der Waals surface area contributed by atoms with E-state index >= 15 is 0 Å². The number of benzene rings is 1. The number of halogens is 1. The van der Waals surface area contributed by atoms with Crippen LogP contribution in [0.5, 0.6) is 5.75 Å². The highest BCUT2D eigenvalue weighted by Crippen LogP contribution is 2.27. The maximum Gasteiger partial charge on any atom is 0.228 e. The number of piperazine rings is 1. The van der Waals surface area contributed by atoms with Gasteiger partial charge in [-0.15, -0.1) is 24.0 Å². The largest absolute Gasteiger partial charge is 0.506 e. The SMILES string of the molecule is CN=C(NCCc1nc(C)no1)N1CCN(c2ccccc2O)CC1.I. The molecule has 2 heterocycles. The zero-order valence-corrected chi connectivity index (χ0v) is 17.4. The normalized spacial score (nSPS) is 14.9. The van der Waals surface area contributed by atoms with Crippen LogP contribution in [0.4, 0.5) is 5.69 Å². The van der Waals surface area contributed by atoms with Crippen molar-refractivity contribution in [3.8, 4) is 5.75 Å². The molecule has 1 fully saturated rings. The average molecular weight is 472 g/mol. The Balaban J connectivity index is 0.00000243. The molecular weight excluding hydrogens is 447 g/mol. The number of nitrogens with zero attached hydrogens (tertiary/aromatic N) is 5. The Labute approximate surface area is 170 Å². The highest BCUT2D eigenvalue weighted by Gasteiger charge is 2.21. The van der Waals surface area contributed by atoms with Crippen molar-refractivity contribution in [3.63, 3.8) is 0 Å². The first-order valence-corrected chi connectivity index (χ1v) is 8.45. The predicted molar refractivity (Wildman–Crippen MR) is 111 cm³/mol. The molecule has 0 atom stereocenters. The molecular formula is C17H25IN6O2. The van der Waals surface area contributed by atoms with Crippen molar-refractivity contribution in [1.82, 2.24) is 20.4 Å². The molecule has 0 radical (unpaired) electrons. The highest BCUT2D eigenvalue weighted by atomic mass is 127. The van der Waals surface area contributed by atoms with Crippen LogP contribution in [-0.2, 0) is 6.42 Å². The number of aryl methyl sites for hydroxylation is 1. The molecule has 0 bridgehead atoms. The van der Waals surface area contributed by atoms with Crippen molar-refractivity contribution in [1.29, 1.82) is 0 Å². The van der Waals surface area contributed by atoms with E-state index in [2.05, 4.69) is 30.2 Å². The molecule has 1 aliphatic heterocycles. The van der Waals surface area contributed by atoms with E-state index in [4.69, 9.17) is 4.52 Å². The zero-order chi connectivity index (χ0) is 17.6. The molecule has 1 aromatic heterocycles. The van der Waals surface area contributed by atoms with Crippen molar-refractivity contribution in [2.45, 2.75) is 13.3 Å². The summed E-state index contributed by atoms with van der Waals surface area (Å²) in [6.45, 7) is 5.85. The first-order valence-electron chi connectivity index (χ1n) is 8.45. The van der Waals surface area contributed by atoms with Crippen molar-refractivity contribution >= 4 is 35.6 Å². The molecule has 2 N–H and O–H groups in total. The Bertz CT molecular complexity index is 728. The molecule has 1 saturated heterocycles. The number of anilines is 1. The topological polar surface area (TPSA) is 90.0 Å². The van der Waals surface area contributed by atoms with E-state index in [9.17, 15) is 5.11 Å². The lowest BCUT2D eigenvalue weighted by molar-refractivity contribution is 0.362. The van der Waals surface area contributed by atoms with Gasteiger partial charge in [-0.3, -0.25) is 4.99 Å². The van der Waals surface area contributed by atoms with Gasteiger partial charge in [-0.05, 0) is 19.1 Å². The van der Waals surface area contributed by atoms with Crippen LogP contribution < -0.4 is 10.2 Å². The summed E-state index contributed by atoms with van der Waals surface area (Å²) < 4.78 is 5.11. The summed E-state index contributed by atoms with van der Waals surface area (Å²) in [6, 6.07) is 7.46. The van der Waals surface area contributed by atoms with Gasteiger partial charge in [0.1, 0.15) is 5.75 Å². The summed E-state index contributed by atoms with van der Waals surface area (Å²) >= 11 is 0. The molecule has 0 saturated carbocycles. The summed E-state index contributed by atoms with van der Waals surface area (Å²) in [5.41, 5.74) is 0.886. The van der Waals surface area contributed by atoms with Crippen molar-refractivity contribution in [2.75, 3.05) is 44.7 Å². The van der Waals surface area contributed by atoms with Crippen molar-refractivity contribution in [2.24, 2.45) is 4.99 Å². The third-order valence-electron chi connectivity index (χ3n) is 4.21. The van der Waals surface area contributed by atoms with Crippen LogP contribution in [0.1, 0.15) is 11.7 Å². The maximum absolute atomic E-state index is 10.00. The quantitative estimate of drug-likeness (QED) is 0.397. The van der Waals surface area contributed by atoms with Gasteiger partial charge in [0.25, 0.3) is 0 Å². The van der Waals surface area contributed by atoms with E-state index in [1.54, 1.807) is 13.1 Å². The Morgan fingerprint density at radius 1 is 1.27 bits per heavy atom. The summed E-state index contributed by atoms with van der Waals surface area (Å²) in [4.78, 5) is 13.0. The minimum Gasteiger partial charge on any atom is -0.506 e. The monoisotopic (exact) mass is 472 g/mol. The average Bonchev–Trinajstić information content (AvgIpc) is 3.05. The molecule has 2 aromatic rings. The standard InChI is InChI=1S/C17H24N6O2.HI/c1-13-20-16(25-21-13)7-8-19-17(18-2)23-11-9-22(10-12-23)14-5-3-4-6-15(14)24;/h3-6,24H,7-12H2,1-2H3,(H,18,19);1H. The molecule has 3 rings (SSSR count). The maximum atomic E-state index is 10.00. The molecule has 0 amide bonds. The van der Waals surface area contributed by atoms with Gasteiger partial charge < -0.3 is 24.7 Å². The van der Waals surface area contributed by atoms with Gasteiger partial charge in [0.05, 0.1) is 5.69 Å². The smallest absolute Gasteiger partial charge is 0.228 e. The van der Waals surface area contributed by atoms with Crippen LogP contribution in [0.2, 0.25) is 0 Å². The van der Waals surface area contributed by atoms with E-state index in [1.807, 2.05) is 25.1 Å². The first kappa shape index (κ1) is 20.3. The summed E-state index contributed by atoms with van der Waals surface area (Å²) in [5, 5.41) is 17.1. The third-order valence-corrected chi connectivity index (χ3v) is 4.21. The minimum atomic E-state index is 0. The molecule has 0 spiro atoms. The van der Waals surface area contributed by atoms with E-state index in [0.717, 1.165) is 37.8 Å². The Morgan fingerprint density at radius 3 is 2.62 bits per heavy atom. The number of aromatic nitrogens is 2. The van der Waals surface area contributed by atoms with Crippen molar-refractivity contribution < 1.29 is 9.63 Å². The molecule has 9 heteroatoms. The van der Waals surface area contributed by atoms with E-state index in [1.165, 1.54) is 0 Å². The Kier molecular flexibility index (Phi) is 7.49. The number of para-hydroxylation sites is 2. The van der Waals surface area contributed by atoms with Crippen LogP contribution in [0.3, 0.4) is 0 Å². The van der Waals surface area contributed by atoms with E-state index in [0.29, 0.717) is 30.4 Å². The second-order valence-electron chi connectivity index (χ2n) is 5.92. The number of hydrogen-bond acceptors (Lipinski definition) is 6. The fourth-order valence-electron chi connectivity index (χ4n) is 2.95. The second-order valence-corrected chi connectivity index (χ2v) is 5.92. The van der Waals surface area contributed by atoms with E-state index in [-0.39, 0.29) is 24.0 Å². The Morgan fingerprint density at radius 2 is 2.00 bits per heavy atom. The van der Waals surface area contributed by atoms with Crippen LogP contribution in [-0.4, -0.2) is 65.9 Å². The van der Waals surface area contributed by atoms with Gasteiger partial charge in [-0.25, -0.2) is 0 Å². The number of aliphatic imine (C=N–C) groups is 1. The lowest BCUT2D eigenvalue weighted by Gasteiger charge is -2.37. The van der Waals surface area contributed by atoms with Gasteiger partial charge >= 0.3 is 0 Å². The van der Waals surface area contributed by atoms with Crippen LogP contribution in [0.25, 0.3) is 0 Å². The summed E-state index contributed by atoms with van der Waals surface area (Å²) in [6.07, 6.45) is 0.664. The number of phenolic OH excluding ortho intramolecular Hbond substituents is 1. The number of hydrogen-bond donors (Lipinski definition) is 2. The minimum absolute atomic E-state index is 0. The molecule has 8 nitrogen and oxygen atoms in total. The third kappa shape index (κ3) is 4.99.